The SMILES string of the molecule is Cc1nnc2nc(N3CCCc4c(CCC5(C(F)(F)F)CC5)cccc43)c3c(F)cc(F)cc3n12. The standard InChI is InChI=1S/C25H22F5N5/c1-14-32-33-23-31-22(21-18(27)12-16(26)13-20(21)35(14)23)34-11-3-5-17-15(4-2-6-19(17)34)7-8-24(9-10-24)25(28,29)30/h2,4,6,12-13H,3,5,7-11H2,1H3. The highest BCUT2D eigenvalue weighted by Gasteiger charge is 2.62. The molecule has 1 aliphatic carbocycles. The minimum absolute atomic E-state index is 0.0625. The monoisotopic (exact) mass is 487 g/mol. The predicted octanol–water partition coefficient (Wildman–Crippen LogP) is 6.22. The Morgan fingerprint density at radius 2 is 1.89 bits per heavy atom. The molecule has 1 fully saturated rings. The molecule has 4 aromatic rings. The number of hydrogen-bond donors (Lipinski definition) is 0. The largest absolute Gasteiger partial charge is 0.394 e. The minimum Gasteiger partial charge on any atom is -0.325 e. The van der Waals surface area contributed by atoms with Gasteiger partial charge in [-0.25, -0.2) is 8.78 Å². The lowest BCUT2D eigenvalue weighted by molar-refractivity contribution is -0.188. The van der Waals surface area contributed by atoms with Gasteiger partial charge in [-0.1, -0.05) is 12.1 Å². The number of aryl methyl sites for hydroxylation is 2. The molecule has 2 aliphatic rings. The molecule has 0 bridgehead atoms. The van der Waals surface area contributed by atoms with E-state index in [0.717, 1.165) is 29.3 Å². The van der Waals surface area contributed by atoms with Gasteiger partial charge in [0.05, 0.1) is 16.3 Å². The third-order valence-electron chi connectivity index (χ3n) is 7.44. The first-order valence-electron chi connectivity index (χ1n) is 11.6. The summed E-state index contributed by atoms with van der Waals surface area (Å²) >= 11 is 0. The van der Waals surface area contributed by atoms with Crippen molar-refractivity contribution in [2.75, 3.05) is 11.4 Å². The lowest BCUT2D eigenvalue weighted by Gasteiger charge is -2.33. The van der Waals surface area contributed by atoms with E-state index in [2.05, 4.69) is 15.2 Å². The average molecular weight is 487 g/mol. The van der Waals surface area contributed by atoms with E-state index in [0.29, 0.717) is 31.0 Å². The fourth-order valence-electron chi connectivity index (χ4n) is 5.36. The van der Waals surface area contributed by atoms with Crippen LogP contribution in [-0.4, -0.2) is 32.3 Å². The van der Waals surface area contributed by atoms with Gasteiger partial charge in [0.1, 0.15) is 23.3 Å². The van der Waals surface area contributed by atoms with E-state index in [1.807, 2.05) is 23.1 Å². The molecule has 0 amide bonds. The molecule has 0 N–H and O–H groups in total. The number of aromatic nitrogens is 4. The molecule has 10 heteroatoms. The molecule has 0 spiro atoms. The van der Waals surface area contributed by atoms with Crippen LogP contribution in [0.25, 0.3) is 16.7 Å². The molecule has 0 atom stereocenters. The summed E-state index contributed by atoms with van der Waals surface area (Å²) in [5.41, 5.74) is 1.31. The van der Waals surface area contributed by atoms with Crippen molar-refractivity contribution in [3.05, 3.63) is 58.9 Å². The van der Waals surface area contributed by atoms with E-state index in [1.165, 1.54) is 10.5 Å². The molecule has 3 heterocycles. The second kappa shape index (κ2) is 7.60. The van der Waals surface area contributed by atoms with E-state index in [1.54, 1.807) is 6.92 Å². The molecule has 0 unspecified atom stereocenters. The van der Waals surface area contributed by atoms with Gasteiger partial charge in [-0.15, -0.1) is 10.2 Å². The fourth-order valence-corrected chi connectivity index (χ4v) is 5.36. The van der Waals surface area contributed by atoms with Crippen LogP contribution in [0.5, 0.6) is 0 Å². The smallest absolute Gasteiger partial charge is 0.325 e. The highest BCUT2D eigenvalue weighted by atomic mass is 19.4. The maximum Gasteiger partial charge on any atom is 0.394 e. The van der Waals surface area contributed by atoms with Crippen molar-refractivity contribution >= 4 is 28.2 Å². The first-order valence-corrected chi connectivity index (χ1v) is 11.6. The molecule has 0 saturated heterocycles. The lowest BCUT2D eigenvalue weighted by Crippen LogP contribution is -2.28. The van der Waals surface area contributed by atoms with Crippen molar-refractivity contribution in [2.24, 2.45) is 5.41 Å². The molecule has 6 rings (SSSR count). The predicted molar refractivity (Wildman–Crippen MR) is 121 cm³/mol. The number of anilines is 2. The van der Waals surface area contributed by atoms with Crippen molar-refractivity contribution in [1.29, 1.82) is 0 Å². The molecule has 0 radical (unpaired) electrons. The van der Waals surface area contributed by atoms with Crippen LogP contribution in [0.1, 0.15) is 42.6 Å². The van der Waals surface area contributed by atoms with Crippen molar-refractivity contribution in [1.82, 2.24) is 19.6 Å². The normalized spacial score (nSPS) is 17.3. The van der Waals surface area contributed by atoms with Gasteiger partial charge in [0.15, 0.2) is 0 Å². The van der Waals surface area contributed by atoms with Gasteiger partial charge in [-0.3, -0.25) is 4.40 Å². The first kappa shape index (κ1) is 22.2. The molecule has 2 aromatic heterocycles. The van der Waals surface area contributed by atoms with Crippen molar-refractivity contribution < 1.29 is 22.0 Å². The Kier molecular flexibility index (Phi) is 4.82. The summed E-state index contributed by atoms with van der Waals surface area (Å²) in [7, 11) is 0. The van der Waals surface area contributed by atoms with E-state index in [-0.39, 0.29) is 35.9 Å². The zero-order valence-corrected chi connectivity index (χ0v) is 19.0. The van der Waals surface area contributed by atoms with Crippen LogP contribution in [-0.2, 0) is 12.8 Å². The van der Waals surface area contributed by atoms with Gasteiger partial charge in [-0.2, -0.15) is 18.2 Å². The van der Waals surface area contributed by atoms with Crippen LogP contribution in [0, 0.1) is 24.0 Å². The topological polar surface area (TPSA) is 46.3 Å². The van der Waals surface area contributed by atoms with Crippen molar-refractivity contribution in [3.63, 3.8) is 0 Å². The van der Waals surface area contributed by atoms with Crippen LogP contribution < -0.4 is 4.90 Å². The summed E-state index contributed by atoms with van der Waals surface area (Å²) in [5, 5.41) is 8.23. The first-order chi connectivity index (χ1) is 16.7. The molecule has 35 heavy (non-hydrogen) atoms. The van der Waals surface area contributed by atoms with Crippen molar-refractivity contribution in [2.45, 2.75) is 51.6 Å². The van der Waals surface area contributed by atoms with E-state index < -0.39 is 23.2 Å². The molecule has 182 valence electrons. The summed E-state index contributed by atoms with van der Waals surface area (Å²) in [5.74, 6) is -0.499. The quantitative estimate of drug-likeness (QED) is 0.321. The lowest BCUT2D eigenvalue weighted by atomic mass is 9.90. The van der Waals surface area contributed by atoms with Gasteiger partial charge in [0, 0.05) is 18.3 Å². The summed E-state index contributed by atoms with van der Waals surface area (Å²) in [6.45, 7) is 2.21. The van der Waals surface area contributed by atoms with Gasteiger partial charge < -0.3 is 4.90 Å². The molecule has 2 aromatic carbocycles. The fraction of sp³-hybridized carbons (Fsp3) is 0.400. The zero-order valence-electron chi connectivity index (χ0n) is 19.0. The number of halogens is 5. The number of nitrogens with zero attached hydrogens (tertiary/aromatic N) is 5. The minimum atomic E-state index is -4.19. The molecule has 1 aliphatic heterocycles. The van der Waals surface area contributed by atoms with Crippen molar-refractivity contribution in [3.8, 4) is 0 Å². The highest BCUT2D eigenvalue weighted by molar-refractivity contribution is 5.94. The second-order valence-corrected chi connectivity index (χ2v) is 9.55. The number of alkyl halides is 3. The summed E-state index contributed by atoms with van der Waals surface area (Å²) < 4.78 is 71.3. The number of hydrogen-bond acceptors (Lipinski definition) is 4. The maximum absolute atomic E-state index is 15.2. The molecular formula is C25H22F5N5. The van der Waals surface area contributed by atoms with Crippen LogP contribution in [0.2, 0.25) is 0 Å². The van der Waals surface area contributed by atoms with Crippen LogP contribution in [0.4, 0.5) is 33.5 Å². The summed E-state index contributed by atoms with van der Waals surface area (Å²) in [4.78, 5) is 6.47. The van der Waals surface area contributed by atoms with Gasteiger partial charge in [0.2, 0.25) is 0 Å². The third-order valence-corrected chi connectivity index (χ3v) is 7.44. The molecular weight excluding hydrogens is 465 g/mol. The number of fused-ring (bicyclic) bond motifs is 4. The average Bonchev–Trinajstić information content (AvgIpc) is 3.53. The van der Waals surface area contributed by atoms with Gasteiger partial charge in [0.25, 0.3) is 5.78 Å². The Morgan fingerprint density at radius 3 is 2.63 bits per heavy atom. The third kappa shape index (κ3) is 3.44. The van der Waals surface area contributed by atoms with Gasteiger partial charge >= 0.3 is 6.18 Å². The summed E-state index contributed by atoms with van der Waals surface area (Å²) in [6, 6.07) is 7.63. The molecule has 1 saturated carbocycles. The number of benzene rings is 2. The second-order valence-electron chi connectivity index (χ2n) is 9.55. The highest BCUT2D eigenvalue weighted by Crippen LogP contribution is 2.60. The Balaban J connectivity index is 1.46. The Hall–Kier alpha value is -3.30. The Labute approximate surface area is 197 Å². The number of rotatable bonds is 4. The van der Waals surface area contributed by atoms with Crippen LogP contribution in [0.15, 0.2) is 30.3 Å². The van der Waals surface area contributed by atoms with E-state index >= 15 is 4.39 Å². The van der Waals surface area contributed by atoms with Gasteiger partial charge in [-0.05, 0) is 68.7 Å². The Morgan fingerprint density at radius 1 is 1.09 bits per heavy atom. The Bertz CT molecular complexity index is 1470. The van der Waals surface area contributed by atoms with Crippen LogP contribution in [0.3, 0.4) is 0 Å². The van der Waals surface area contributed by atoms with E-state index in [9.17, 15) is 17.6 Å². The maximum atomic E-state index is 15.2. The van der Waals surface area contributed by atoms with E-state index in [4.69, 9.17) is 0 Å². The molecule has 5 nitrogen and oxygen atoms in total. The summed E-state index contributed by atoms with van der Waals surface area (Å²) in [6.07, 6.45) is -2.00. The zero-order chi connectivity index (χ0) is 24.5. The van der Waals surface area contributed by atoms with Crippen LogP contribution >= 0.6 is 0 Å².